The van der Waals surface area contributed by atoms with E-state index in [9.17, 15) is 4.79 Å². The minimum absolute atomic E-state index is 0.0755. The van der Waals surface area contributed by atoms with E-state index in [2.05, 4.69) is 16.6 Å². The average Bonchev–Trinajstić information content (AvgIpc) is 2.74. The van der Waals surface area contributed by atoms with E-state index >= 15 is 0 Å². The number of carbonyl (C=O) groups excluding carboxylic acids is 1. The zero-order chi connectivity index (χ0) is 15.0. The third-order valence-corrected chi connectivity index (χ3v) is 6.74. The smallest absolute Gasteiger partial charge is 0.263 e. The van der Waals surface area contributed by atoms with Gasteiger partial charge in [0.2, 0.25) is 0 Å². The number of nitrogens with two attached hydrogens (primary N) is 1. The maximum Gasteiger partial charge on any atom is 0.263 e. The Morgan fingerprint density at radius 1 is 1.52 bits per heavy atom. The molecule has 4 nitrogen and oxygen atoms in total. The number of aromatic nitrogens is 1. The quantitative estimate of drug-likeness (QED) is 0.907. The molecule has 1 aliphatic rings. The molecule has 6 heteroatoms. The molecular weight excluding hydrogens is 302 g/mol. The first-order chi connectivity index (χ1) is 10.0. The number of anilines is 1. The Hall–Kier alpha value is -1.27. The molecule has 2 aromatic rings. The number of thioether (sulfide) groups is 1. The molecule has 1 aliphatic carbocycles. The summed E-state index contributed by atoms with van der Waals surface area (Å²) >= 11 is 3.23. The van der Waals surface area contributed by atoms with Crippen LogP contribution in [0.2, 0.25) is 0 Å². The molecule has 1 fully saturated rings. The van der Waals surface area contributed by atoms with Gasteiger partial charge in [-0.3, -0.25) is 4.79 Å². The monoisotopic (exact) mass is 321 g/mol. The highest BCUT2D eigenvalue weighted by atomic mass is 32.2. The van der Waals surface area contributed by atoms with Gasteiger partial charge in [0.15, 0.2) is 0 Å². The largest absolute Gasteiger partial charge is 0.397 e. The number of thiophene rings is 1. The molecule has 21 heavy (non-hydrogen) atoms. The summed E-state index contributed by atoms with van der Waals surface area (Å²) in [6.07, 6.45) is 5.73. The molecule has 1 saturated carbocycles. The lowest BCUT2D eigenvalue weighted by Crippen LogP contribution is -2.45. The number of hydrogen-bond donors (Lipinski definition) is 2. The number of aryl methyl sites for hydroxylation is 1. The molecule has 0 aliphatic heterocycles. The van der Waals surface area contributed by atoms with E-state index in [1.54, 1.807) is 0 Å². The van der Waals surface area contributed by atoms with Crippen LogP contribution in [0.15, 0.2) is 12.1 Å². The van der Waals surface area contributed by atoms with Gasteiger partial charge in [0, 0.05) is 22.4 Å². The van der Waals surface area contributed by atoms with Gasteiger partial charge in [-0.15, -0.1) is 11.3 Å². The highest BCUT2D eigenvalue weighted by Crippen LogP contribution is 2.42. The Morgan fingerprint density at radius 2 is 2.29 bits per heavy atom. The van der Waals surface area contributed by atoms with Gasteiger partial charge in [0.05, 0.1) is 5.69 Å². The van der Waals surface area contributed by atoms with Crippen LogP contribution >= 0.6 is 23.1 Å². The Bertz CT molecular complexity index is 686. The van der Waals surface area contributed by atoms with Crippen LogP contribution in [0.1, 0.15) is 34.6 Å². The fraction of sp³-hybridized carbons (Fsp3) is 0.467. The summed E-state index contributed by atoms with van der Waals surface area (Å²) < 4.78 is 0.232. The van der Waals surface area contributed by atoms with Crippen LogP contribution in [0.4, 0.5) is 5.69 Å². The first-order valence-electron chi connectivity index (χ1n) is 7.04. The number of fused-ring (bicyclic) bond motifs is 1. The van der Waals surface area contributed by atoms with Crippen molar-refractivity contribution in [2.24, 2.45) is 0 Å². The summed E-state index contributed by atoms with van der Waals surface area (Å²) in [5.41, 5.74) is 7.60. The molecule has 0 unspecified atom stereocenters. The van der Waals surface area contributed by atoms with E-state index in [1.165, 1.54) is 30.6 Å². The Kier molecular flexibility index (Phi) is 3.84. The lowest BCUT2D eigenvalue weighted by Gasteiger charge is -2.40. The molecule has 1 amide bonds. The van der Waals surface area contributed by atoms with Crippen molar-refractivity contribution in [3.8, 4) is 0 Å². The highest BCUT2D eigenvalue weighted by molar-refractivity contribution is 8.00. The molecule has 0 radical (unpaired) electrons. The number of nitrogens with one attached hydrogen (secondary N) is 1. The van der Waals surface area contributed by atoms with Crippen LogP contribution < -0.4 is 11.1 Å². The number of nitrogens with zero attached hydrogens (tertiary/aromatic N) is 1. The maximum atomic E-state index is 12.4. The summed E-state index contributed by atoms with van der Waals surface area (Å²) in [6, 6.07) is 3.86. The summed E-state index contributed by atoms with van der Waals surface area (Å²) in [7, 11) is 0. The lowest BCUT2D eigenvalue weighted by atomic mass is 9.84. The third kappa shape index (κ3) is 2.62. The van der Waals surface area contributed by atoms with Crippen LogP contribution in [0, 0.1) is 6.92 Å². The molecule has 0 saturated heterocycles. The zero-order valence-electron chi connectivity index (χ0n) is 12.2. The van der Waals surface area contributed by atoms with E-state index in [-0.39, 0.29) is 10.7 Å². The number of pyridine rings is 1. The van der Waals surface area contributed by atoms with Gasteiger partial charge in [-0.05, 0) is 38.2 Å². The lowest BCUT2D eigenvalue weighted by molar-refractivity contribution is 0.0949. The van der Waals surface area contributed by atoms with Gasteiger partial charge in [0.1, 0.15) is 9.71 Å². The predicted octanol–water partition coefficient (Wildman–Crippen LogP) is 3.20. The topological polar surface area (TPSA) is 68.0 Å². The maximum absolute atomic E-state index is 12.4. The van der Waals surface area contributed by atoms with Gasteiger partial charge < -0.3 is 11.1 Å². The van der Waals surface area contributed by atoms with Crippen LogP contribution in [-0.2, 0) is 0 Å². The molecule has 112 valence electrons. The minimum Gasteiger partial charge on any atom is -0.397 e. The summed E-state index contributed by atoms with van der Waals surface area (Å²) in [5.74, 6) is -0.0755. The molecule has 2 aromatic heterocycles. The molecule has 0 aromatic carbocycles. The average molecular weight is 321 g/mol. The summed E-state index contributed by atoms with van der Waals surface area (Å²) in [6.45, 7) is 2.65. The van der Waals surface area contributed by atoms with E-state index in [1.807, 2.05) is 30.8 Å². The Labute approximate surface area is 132 Å². The number of hydrogen-bond acceptors (Lipinski definition) is 5. The van der Waals surface area contributed by atoms with Crippen molar-refractivity contribution in [3.63, 3.8) is 0 Å². The number of nitrogen functional groups attached to an aromatic ring is 1. The molecular formula is C15H19N3OS2. The molecule has 0 bridgehead atoms. The molecule has 3 rings (SSSR count). The van der Waals surface area contributed by atoms with Crippen molar-refractivity contribution in [2.75, 3.05) is 18.5 Å². The highest BCUT2D eigenvalue weighted by Gasteiger charge is 2.36. The second-order valence-electron chi connectivity index (χ2n) is 5.57. The van der Waals surface area contributed by atoms with Crippen LogP contribution in [0.5, 0.6) is 0 Å². The van der Waals surface area contributed by atoms with Gasteiger partial charge in [-0.25, -0.2) is 4.98 Å². The van der Waals surface area contributed by atoms with E-state index in [0.717, 1.165) is 15.9 Å². The van der Waals surface area contributed by atoms with Crippen molar-refractivity contribution in [2.45, 2.75) is 30.9 Å². The number of amides is 1. The fourth-order valence-electron chi connectivity index (χ4n) is 2.60. The second kappa shape index (κ2) is 5.50. The van der Waals surface area contributed by atoms with E-state index in [4.69, 9.17) is 5.73 Å². The van der Waals surface area contributed by atoms with Crippen molar-refractivity contribution in [3.05, 3.63) is 22.7 Å². The van der Waals surface area contributed by atoms with Crippen LogP contribution in [0.3, 0.4) is 0 Å². The van der Waals surface area contributed by atoms with Gasteiger partial charge >= 0.3 is 0 Å². The molecule has 3 N–H and O–H groups in total. The summed E-state index contributed by atoms with van der Waals surface area (Å²) in [4.78, 5) is 18.3. The Balaban J connectivity index is 1.80. The number of carbonyl (C=O) groups is 1. The molecule has 2 heterocycles. The standard InChI is InChI=1S/C15H19N3OS2/c1-9-4-5-10-11(16)12(21-14(10)18-9)13(19)17-8-15(20-2)6-3-7-15/h4-5H,3,6-8,16H2,1-2H3,(H,17,19). The van der Waals surface area contributed by atoms with Gasteiger partial charge in [-0.1, -0.05) is 6.42 Å². The second-order valence-corrected chi connectivity index (χ2v) is 7.85. The van der Waals surface area contributed by atoms with Crippen molar-refractivity contribution in [1.82, 2.24) is 10.3 Å². The summed E-state index contributed by atoms with van der Waals surface area (Å²) in [5, 5.41) is 3.93. The van der Waals surface area contributed by atoms with Crippen LogP contribution in [0.25, 0.3) is 10.2 Å². The van der Waals surface area contributed by atoms with Crippen molar-refractivity contribution >= 4 is 44.9 Å². The first kappa shape index (κ1) is 14.7. The fourth-order valence-corrected chi connectivity index (χ4v) is 4.57. The SMILES string of the molecule is CSC1(CNC(=O)c2sc3nc(C)ccc3c2N)CCC1. The zero-order valence-corrected chi connectivity index (χ0v) is 13.9. The Morgan fingerprint density at radius 3 is 2.90 bits per heavy atom. The first-order valence-corrected chi connectivity index (χ1v) is 9.08. The predicted molar refractivity (Wildman–Crippen MR) is 91.2 cm³/mol. The minimum atomic E-state index is -0.0755. The van der Waals surface area contributed by atoms with Crippen molar-refractivity contribution in [1.29, 1.82) is 0 Å². The van der Waals surface area contributed by atoms with E-state index in [0.29, 0.717) is 17.1 Å². The molecule has 0 spiro atoms. The number of rotatable bonds is 4. The molecule has 0 atom stereocenters. The normalized spacial score (nSPS) is 16.7. The third-order valence-electron chi connectivity index (χ3n) is 4.21. The van der Waals surface area contributed by atoms with Crippen LogP contribution in [-0.4, -0.2) is 28.4 Å². The van der Waals surface area contributed by atoms with Crippen molar-refractivity contribution < 1.29 is 4.79 Å². The van der Waals surface area contributed by atoms with Gasteiger partial charge in [0.25, 0.3) is 5.91 Å². The van der Waals surface area contributed by atoms with Gasteiger partial charge in [-0.2, -0.15) is 11.8 Å². The van der Waals surface area contributed by atoms with E-state index < -0.39 is 0 Å².